The number of thiazole rings is 1. The van der Waals surface area contributed by atoms with Crippen LogP contribution in [0.5, 0.6) is 0 Å². The highest BCUT2D eigenvalue weighted by atomic mass is 32.1. The fraction of sp³-hybridized carbons (Fsp3) is 0.429. The number of aliphatic imine (C=N–C) groups is 1. The Labute approximate surface area is 176 Å². The van der Waals surface area contributed by atoms with Gasteiger partial charge in [0, 0.05) is 12.4 Å². The molecule has 0 saturated carbocycles. The highest BCUT2D eigenvalue weighted by Crippen LogP contribution is 2.17. The molecule has 3 aromatic rings. The van der Waals surface area contributed by atoms with E-state index in [1.165, 1.54) is 5.56 Å². The van der Waals surface area contributed by atoms with Crippen molar-refractivity contribution in [2.24, 2.45) is 12.0 Å². The summed E-state index contributed by atoms with van der Waals surface area (Å²) in [5.41, 5.74) is 2.33. The lowest BCUT2D eigenvalue weighted by atomic mass is 10.1. The first-order chi connectivity index (χ1) is 13.9. The molecule has 0 aliphatic carbocycles. The predicted octanol–water partition coefficient (Wildman–Crippen LogP) is 3.70. The highest BCUT2D eigenvalue weighted by molar-refractivity contribution is 7.09. The van der Waals surface area contributed by atoms with Crippen LogP contribution in [-0.2, 0) is 20.1 Å². The molecule has 8 heteroatoms. The minimum absolute atomic E-state index is 0.117. The van der Waals surface area contributed by atoms with Gasteiger partial charge in [-0.15, -0.1) is 21.5 Å². The maximum absolute atomic E-state index is 4.74. The molecule has 0 radical (unpaired) electrons. The molecule has 2 aromatic heterocycles. The molecular weight excluding hydrogens is 382 g/mol. The van der Waals surface area contributed by atoms with Crippen LogP contribution in [0, 0.1) is 6.92 Å². The van der Waals surface area contributed by atoms with E-state index in [4.69, 9.17) is 9.98 Å². The second kappa shape index (κ2) is 9.65. The first kappa shape index (κ1) is 21.0. The van der Waals surface area contributed by atoms with E-state index < -0.39 is 0 Å². The zero-order valence-corrected chi connectivity index (χ0v) is 18.5. The van der Waals surface area contributed by atoms with Gasteiger partial charge in [-0.05, 0) is 25.3 Å². The summed E-state index contributed by atoms with van der Waals surface area (Å²) in [5.74, 6) is 2.86. The average Bonchev–Trinajstić information content (AvgIpc) is 3.32. The molecule has 0 fully saturated rings. The van der Waals surface area contributed by atoms with Crippen molar-refractivity contribution in [1.82, 2.24) is 30.4 Å². The summed E-state index contributed by atoms with van der Waals surface area (Å²) >= 11 is 1.67. The van der Waals surface area contributed by atoms with Gasteiger partial charge in [-0.2, -0.15) is 0 Å². The molecule has 154 valence electrons. The molecule has 2 N–H and O–H groups in total. The molecule has 0 aliphatic heterocycles. The molecule has 1 aromatic carbocycles. The SMILES string of the molecule is Cc1nnc(CN=C(NCc2nc(C(C)C)cs2)NC(C)c2ccccc2)n1C. The maximum atomic E-state index is 4.74. The number of nitrogens with one attached hydrogen (secondary N) is 2. The number of hydrogen-bond donors (Lipinski definition) is 2. The number of rotatable bonds is 7. The molecule has 0 saturated heterocycles. The van der Waals surface area contributed by atoms with E-state index in [0.29, 0.717) is 19.0 Å². The van der Waals surface area contributed by atoms with Gasteiger partial charge < -0.3 is 15.2 Å². The van der Waals surface area contributed by atoms with Crippen molar-refractivity contribution in [2.75, 3.05) is 0 Å². The van der Waals surface area contributed by atoms with Gasteiger partial charge in [-0.3, -0.25) is 0 Å². The Balaban J connectivity index is 1.72. The summed E-state index contributed by atoms with van der Waals surface area (Å²) in [5, 5.41) is 18.4. The number of aryl methyl sites for hydroxylation is 1. The van der Waals surface area contributed by atoms with E-state index in [-0.39, 0.29) is 6.04 Å². The van der Waals surface area contributed by atoms with Crippen molar-refractivity contribution in [1.29, 1.82) is 0 Å². The fourth-order valence-corrected chi connectivity index (χ4v) is 3.65. The van der Waals surface area contributed by atoms with Crippen LogP contribution in [-0.4, -0.2) is 25.7 Å². The molecule has 29 heavy (non-hydrogen) atoms. The standard InChI is InChI=1S/C21H29N7S/c1-14(2)18-13-29-20(25-18)12-23-21(22-11-19-27-26-16(4)28(19)5)24-15(3)17-9-7-6-8-10-17/h6-10,13-15H,11-12H2,1-5H3,(H2,22,23,24). The normalized spacial score (nSPS) is 13.0. The second-order valence-electron chi connectivity index (χ2n) is 7.34. The fourth-order valence-electron chi connectivity index (χ4n) is 2.75. The van der Waals surface area contributed by atoms with Crippen molar-refractivity contribution < 1.29 is 0 Å². The molecule has 0 amide bonds. The molecule has 3 rings (SSSR count). The van der Waals surface area contributed by atoms with Crippen LogP contribution in [0.25, 0.3) is 0 Å². The Kier molecular flexibility index (Phi) is 6.98. The van der Waals surface area contributed by atoms with Crippen LogP contribution in [0.3, 0.4) is 0 Å². The first-order valence-corrected chi connectivity index (χ1v) is 10.7. The van der Waals surface area contributed by atoms with E-state index >= 15 is 0 Å². The van der Waals surface area contributed by atoms with Crippen LogP contribution in [0.15, 0.2) is 40.7 Å². The van der Waals surface area contributed by atoms with E-state index in [1.54, 1.807) is 11.3 Å². The van der Waals surface area contributed by atoms with Gasteiger partial charge in [0.25, 0.3) is 0 Å². The number of hydrogen-bond acceptors (Lipinski definition) is 5. The Morgan fingerprint density at radius 3 is 2.55 bits per heavy atom. The van der Waals surface area contributed by atoms with Gasteiger partial charge in [0.1, 0.15) is 17.4 Å². The van der Waals surface area contributed by atoms with Gasteiger partial charge in [0.15, 0.2) is 11.8 Å². The van der Waals surface area contributed by atoms with Crippen LogP contribution >= 0.6 is 11.3 Å². The summed E-state index contributed by atoms with van der Waals surface area (Å²) in [4.78, 5) is 9.44. The van der Waals surface area contributed by atoms with Crippen LogP contribution in [0.1, 0.15) is 60.6 Å². The number of benzene rings is 1. The van der Waals surface area contributed by atoms with E-state index in [2.05, 4.69) is 59.1 Å². The Morgan fingerprint density at radius 2 is 1.93 bits per heavy atom. The van der Waals surface area contributed by atoms with Gasteiger partial charge in [-0.1, -0.05) is 44.2 Å². The monoisotopic (exact) mass is 411 g/mol. The number of aromatic nitrogens is 4. The minimum Gasteiger partial charge on any atom is -0.350 e. The lowest BCUT2D eigenvalue weighted by Gasteiger charge is -2.18. The highest BCUT2D eigenvalue weighted by Gasteiger charge is 2.11. The third-order valence-corrected chi connectivity index (χ3v) is 5.65. The van der Waals surface area contributed by atoms with Crippen LogP contribution in [0.2, 0.25) is 0 Å². The summed E-state index contributed by atoms with van der Waals surface area (Å²) in [6.07, 6.45) is 0. The quantitative estimate of drug-likeness (QED) is 0.458. The topological polar surface area (TPSA) is 80.0 Å². The average molecular weight is 412 g/mol. The van der Waals surface area contributed by atoms with Crippen molar-refractivity contribution >= 4 is 17.3 Å². The van der Waals surface area contributed by atoms with E-state index in [9.17, 15) is 0 Å². The minimum atomic E-state index is 0.117. The van der Waals surface area contributed by atoms with Gasteiger partial charge in [-0.25, -0.2) is 9.98 Å². The van der Waals surface area contributed by atoms with E-state index in [0.717, 1.165) is 28.3 Å². The van der Waals surface area contributed by atoms with E-state index in [1.807, 2.05) is 36.7 Å². The molecule has 1 unspecified atom stereocenters. The summed E-state index contributed by atoms with van der Waals surface area (Å²) in [6, 6.07) is 10.4. The third-order valence-electron chi connectivity index (χ3n) is 4.78. The molecular formula is C21H29N7S. The third kappa shape index (κ3) is 5.63. The maximum Gasteiger partial charge on any atom is 0.192 e. The Bertz CT molecular complexity index is 943. The Morgan fingerprint density at radius 1 is 1.17 bits per heavy atom. The first-order valence-electron chi connectivity index (χ1n) is 9.83. The van der Waals surface area contributed by atoms with Crippen LogP contribution in [0.4, 0.5) is 0 Å². The zero-order valence-electron chi connectivity index (χ0n) is 17.7. The lowest BCUT2D eigenvalue weighted by Crippen LogP contribution is -2.38. The Hall–Kier alpha value is -2.74. The summed E-state index contributed by atoms with van der Waals surface area (Å²) < 4.78 is 1.96. The number of guanidine groups is 1. The van der Waals surface area contributed by atoms with Crippen molar-refractivity contribution in [3.63, 3.8) is 0 Å². The van der Waals surface area contributed by atoms with Crippen molar-refractivity contribution in [3.05, 3.63) is 63.6 Å². The zero-order chi connectivity index (χ0) is 20.8. The lowest BCUT2D eigenvalue weighted by molar-refractivity contribution is 0.675. The van der Waals surface area contributed by atoms with Gasteiger partial charge in [0.05, 0.1) is 18.3 Å². The molecule has 0 aliphatic rings. The van der Waals surface area contributed by atoms with Crippen LogP contribution < -0.4 is 10.6 Å². The smallest absolute Gasteiger partial charge is 0.192 e. The second-order valence-corrected chi connectivity index (χ2v) is 8.28. The van der Waals surface area contributed by atoms with Gasteiger partial charge in [0.2, 0.25) is 0 Å². The largest absolute Gasteiger partial charge is 0.350 e. The summed E-state index contributed by atoms with van der Waals surface area (Å²) in [6.45, 7) is 9.45. The molecule has 0 spiro atoms. The number of nitrogens with zero attached hydrogens (tertiary/aromatic N) is 5. The molecule has 0 bridgehead atoms. The molecule has 7 nitrogen and oxygen atoms in total. The molecule has 2 heterocycles. The summed E-state index contributed by atoms with van der Waals surface area (Å²) in [7, 11) is 1.95. The van der Waals surface area contributed by atoms with Crippen molar-refractivity contribution in [2.45, 2.75) is 52.7 Å². The van der Waals surface area contributed by atoms with Crippen molar-refractivity contribution in [3.8, 4) is 0 Å². The molecule has 1 atom stereocenters. The predicted molar refractivity (Wildman–Crippen MR) is 118 cm³/mol. The van der Waals surface area contributed by atoms with Gasteiger partial charge >= 0.3 is 0 Å².